The molecule has 3 nitrogen and oxygen atoms in total. The first-order chi connectivity index (χ1) is 8.20. The summed E-state index contributed by atoms with van der Waals surface area (Å²) < 4.78 is 0. The maximum atomic E-state index is 11.3. The molecule has 0 aromatic heterocycles. The quantitative estimate of drug-likeness (QED) is 0.810. The molecule has 0 aliphatic heterocycles. The molecular formula is C15H27NO2. The highest BCUT2D eigenvalue weighted by molar-refractivity contribution is 5.73. The monoisotopic (exact) mass is 253 g/mol. The number of hydrogen-bond acceptors (Lipinski definition) is 2. The molecule has 0 spiro atoms. The molecule has 4 atom stereocenters. The molecule has 2 aliphatic rings. The summed E-state index contributed by atoms with van der Waals surface area (Å²) in [5.74, 6) is 0.170. The Morgan fingerprint density at radius 3 is 2.28 bits per heavy atom. The van der Waals surface area contributed by atoms with Gasteiger partial charge in [0.2, 0.25) is 0 Å². The van der Waals surface area contributed by atoms with E-state index in [9.17, 15) is 9.90 Å². The lowest BCUT2D eigenvalue weighted by Gasteiger charge is -2.41. The zero-order valence-corrected chi connectivity index (χ0v) is 12.3. The fourth-order valence-corrected chi connectivity index (χ4v) is 4.22. The van der Waals surface area contributed by atoms with Crippen LogP contribution in [0.25, 0.3) is 0 Å². The summed E-state index contributed by atoms with van der Waals surface area (Å²) in [7, 11) is 0. The molecule has 0 saturated heterocycles. The summed E-state index contributed by atoms with van der Waals surface area (Å²) in [5.41, 5.74) is 0.588. The van der Waals surface area contributed by atoms with Crippen molar-refractivity contribution in [1.82, 2.24) is 5.32 Å². The summed E-state index contributed by atoms with van der Waals surface area (Å²) in [5, 5.41) is 12.8. The summed E-state index contributed by atoms with van der Waals surface area (Å²) >= 11 is 0. The van der Waals surface area contributed by atoms with E-state index < -0.39 is 12.0 Å². The Labute approximate surface area is 110 Å². The van der Waals surface area contributed by atoms with Crippen molar-refractivity contribution in [3.05, 3.63) is 0 Å². The van der Waals surface area contributed by atoms with Crippen LogP contribution in [0.1, 0.15) is 53.9 Å². The largest absolute Gasteiger partial charge is 0.480 e. The second-order valence-corrected chi connectivity index (χ2v) is 7.39. The average Bonchev–Trinajstić information content (AvgIpc) is 2.57. The average molecular weight is 253 g/mol. The fourth-order valence-electron chi connectivity index (χ4n) is 4.22. The molecule has 2 bridgehead atoms. The van der Waals surface area contributed by atoms with Crippen LogP contribution in [0.4, 0.5) is 0 Å². The number of aliphatic carboxylic acids is 1. The minimum atomic E-state index is -0.714. The van der Waals surface area contributed by atoms with E-state index in [0.717, 1.165) is 12.3 Å². The Morgan fingerprint density at radius 1 is 1.33 bits per heavy atom. The predicted octanol–water partition coefficient (Wildman–Crippen LogP) is 2.90. The Morgan fingerprint density at radius 2 is 1.94 bits per heavy atom. The van der Waals surface area contributed by atoms with Gasteiger partial charge in [-0.1, -0.05) is 34.6 Å². The van der Waals surface area contributed by atoms with Crippen LogP contribution >= 0.6 is 0 Å². The molecular weight excluding hydrogens is 226 g/mol. The van der Waals surface area contributed by atoms with Crippen LogP contribution in [-0.4, -0.2) is 23.2 Å². The van der Waals surface area contributed by atoms with Crippen molar-refractivity contribution in [3.8, 4) is 0 Å². The summed E-state index contributed by atoms with van der Waals surface area (Å²) in [6, 6.07) is -0.0586. The van der Waals surface area contributed by atoms with Gasteiger partial charge >= 0.3 is 5.97 Å². The van der Waals surface area contributed by atoms with Gasteiger partial charge in [-0.2, -0.15) is 0 Å². The third-order valence-corrected chi connectivity index (χ3v) is 6.11. The van der Waals surface area contributed by atoms with Gasteiger partial charge in [0.05, 0.1) is 0 Å². The minimum absolute atomic E-state index is 0.133. The van der Waals surface area contributed by atoms with E-state index in [1.165, 1.54) is 12.8 Å². The Bertz CT molecular complexity index is 350. The topological polar surface area (TPSA) is 49.3 Å². The van der Waals surface area contributed by atoms with Gasteiger partial charge in [-0.05, 0) is 41.9 Å². The molecule has 0 radical (unpaired) electrons. The molecule has 2 fully saturated rings. The Kier molecular flexibility index (Phi) is 3.25. The van der Waals surface area contributed by atoms with Gasteiger partial charge in [-0.3, -0.25) is 4.79 Å². The van der Waals surface area contributed by atoms with Crippen LogP contribution in [0.5, 0.6) is 0 Å². The smallest absolute Gasteiger partial charge is 0.320 e. The summed E-state index contributed by atoms with van der Waals surface area (Å²) in [6.45, 7) is 11.0. The summed E-state index contributed by atoms with van der Waals surface area (Å²) in [4.78, 5) is 11.3. The van der Waals surface area contributed by atoms with Gasteiger partial charge in [0.15, 0.2) is 0 Å². The highest BCUT2D eigenvalue weighted by Crippen LogP contribution is 2.65. The molecule has 3 heteroatoms. The molecule has 4 unspecified atom stereocenters. The SMILES string of the molecule is CC(C)C(NC1CC2CCC1(C)C2(C)C)C(=O)O. The lowest BCUT2D eigenvalue weighted by Crippen LogP contribution is -2.52. The van der Waals surface area contributed by atoms with Crippen molar-refractivity contribution >= 4 is 5.97 Å². The van der Waals surface area contributed by atoms with Crippen LogP contribution in [0.2, 0.25) is 0 Å². The van der Waals surface area contributed by atoms with Gasteiger partial charge in [-0.15, -0.1) is 0 Å². The number of fused-ring (bicyclic) bond motifs is 2. The first-order valence-corrected chi connectivity index (χ1v) is 7.19. The van der Waals surface area contributed by atoms with Crippen molar-refractivity contribution in [2.45, 2.75) is 66.0 Å². The first kappa shape index (κ1) is 13.9. The number of rotatable bonds is 4. The van der Waals surface area contributed by atoms with Crippen molar-refractivity contribution < 1.29 is 9.90 Å². The normalized spacial score (nSPS) is 39.2. The van der Waals surface area contributed by atoms with Gasteiger partial charge in [0.1, 0.15) is 6.04 Å². The molecule has 2 saturated carbocycles. The van der Waals surface area contributed by atoms with Crippen LogP contribution in [0.3, 0.4) is 0 Å². The first-order valence-electron chi connectivity index (χ1n) is 7.19. The molecule has 0 aromatic rings. The highest BCUT2D eigenvalue weighted by atomic mass is 16.4. The van der Waals surface area contributed by atoms with E-state index in [1.807, 2.05) is 13.8 Å². The zero-order chi connectivity index (χ0) is 13.7. The van der Waals surface area contributed by atoms with E-state index >= 15 is 0 Å². The molecule has 0 aromatic carbocycles. The molecule has 2 aliphatic carbocycles. The molecule has 0 amide bonds. The van der Waals surface area contributed by atoms with Crippen LogP contribution in [0.15, 0.2) is 0 Å². The lowest BCUT2D eigenvalue weighted by molar-refractivity contribution is -0.141. The van der Waals surface area contributed by atoms with Crippen molar-refractivity contribution in [3.63, 3.8) is 0 Å². The maximum absolute atomic E-state index is 11.3. The number of hydrogen-bond donors (Lipinski definition) is 2. The molecule has 2 N–H and O–H groups in total. The van der Waals surface area contributed by atoms with Crippen molar-refractivity contribution in [2.24, 2.45) is 22.7 Å². The van der Waals surface area contributed by atoms with E-state index in [1.54, 1.807) is 0 Å². The Balaban J connectivity index is 2.15. The van der Waals surface area contributed by atoms with Crippen LogP contribution in [-0.2, 0) is 4.79 Å². The van der Waals surface area contributed by atoms with E-state index in [2.05, 4.69) is 26.1 Å². The van der Waals surface area contributed by atoms with Gasteiger partial charge in [0, 0.05) is 6.04 Å². The standard InChI is InChI=1S/C15H27NO2/c1-9(2)12(13(17)18)16-11-8-10-6-7-15(11,5)14(10,3)4/h9-12,16H,6-8H2,1-5H3,(H,17,18). The zero-order valence-electron chi connectivity index (χ0n) is 12.3. The number of carboxylic acid groups (broad SMARTS) is 1. The second kappa shape index (κ2) is 4.22. The second-order valence-electron chi connectivity index (χ2n) is 7.39. The number of carboxylic acids is 1. The minimum Gasteiger partial charge on any atom is -0.480 e. The number of carbonyl (C=O) groups is 1. The molecule has 2 rings (SSSR count). The molecule has 0 heterocycles. The lowest BCUT2D eigenvalue weighted by atomic mass is 9.69. The third kappa shape index (κ3) is 1.78. The predicted molar refractivity (Wildman–Crippen MR) is 72.4 cm³/mol. The van der Waals surface area contributed by atoms with Gasteiger partial charge < -0.3 is 10.4 Å². The van der Waals surface area contributed by atoms with E-state index in [-0.39, 0.29) is 11.3 Å². The van der Waals surface area contributed by atoms with Gasteiger partial charge in [0.25, 0.3) is 0 Å². The maximum Gasteiger partial charge on any atom is 0.320 e. The van der Waals surface area contributed by atoms with E-state index in [0.29, 0.717) is 11.5 Å². The van der Waals surface area contributed by atoms with Gasteiger partial charge in [-0.25, -0.2) is 0 Å². The van der Waals surface area contributed by atoms with E-state index in [4.69, 9.17) is 0 Å². The van der Waals surface area contributed by atoms with Crippen molar-refractivity contribution in [2.75, 3.05) is 0 Å². The highest BCUT2D eigenvalue weighted by Gasteiger charge is 2.61. The molecule has 104 valence electrons. The molecule has 18 heavy (non-hydrogen) atoms. The third-order valence-electron chi connectivity index (χ3n) is 6.11. The Hall–Kier alpha value is -0.570. The van der Waals surface area contributed by atoms with Crippen LogP contribution in [0, 0.1) is 22.7 Å². The number of nitrogens with one attached hydrogen (secondary N) is 1. The van der Waals surface area contributed by atoms with Crippen LogP contribution < -0.4 is 5.32 Å². The fraction of sp³-hybridized carbons (Fsp3) is 0.933. The van der Waals surface area contributed by atoms with Crippen molar-refractivity contribution in [1.29, 1.82) is 0 Å². The summed E-state index contributed by atoms with van der Waals surface area (Å²) in [6.07, 6.45) is 3.67.